The van der Waals surface area contributed by atoms with Crippen LogP contribution in [0.3, 0.4) is 0 Å². The van der Waals surface area contributed by atoms with Crippen molar-refractivity contribution in [2.45, 2.75) is 11.8 Å². The number of benzene rings is 1. The summed E-state index contributed by atoms with van der Waals surface area (Å²) in [5, 5.41) is 0. The number of esters is 1. The fraction of sp³-hybridized carbons (Fsp3) is 0.300. The third-order valence-corrected chi connectivity index (χ3v) is 3.82. The molecule has 0 aromatic heterocycles. The van der Waals surface area contributed by atoms with E-state index >= 15 is 0 Å². The van der Waals surface area contributed by atoms with Gasteiger partial charge in [0.1, 0.15) is 5.82 Å². The van der Waals surface area contributed by atoms with Crippen LogP contribution >= 0.6 is 0 Å². The van der Waals surface area contributed by atoms with Gasteiger partial charge in [0.25, 0.3) is 0 Å². The van der Waals surface area contributed by atoms with Crippen molar-refractivity contribution in [1.82, 2.24) is 0 Å². The molecule has 1 aromatic rings. The Morgan fingerprint density at radius 2 is 2.06 bits per heavy atom. The Kier molecular flexibility index (Phi) is 3.64. The first kappa shape index (κ1) is 12.6. The first-order chi connectivity index (χ1) is 7.42. The lowest BCUT2D eigenvalue weighted by atomic mass is 10.2. The van der Waals surface area contributed by atoms with Gasteiger partial charge in [0.15, 0.2) is 9.84 Å². The highest BCUT2D eigenvalue weighted by Crippen LogP contribution is 2.16. The smallest absolute Gasteiger partial charge is 0.340 e. The molecule has 0 saturated heterocycles. The Morgan fingerprint density at radius 3 is 2.50 bits per heavy atom. The number of rotatable bonds is 3. The highest BCUT2D eigenvalue weighted by atomic mass is 32.2. The quantitative estimate of drug-likeness (QED) is 0.756. The van der Waals surface area contributed by atoms with Crippen LogP contribution in [0.25, 0.3) is 0 Å². The van der Waals surface area contributed by atoms with Crippen LogP contribution in [-0.4, -0.2) is 27.2 Å². The summed E-state index contributed by atoms with van der Waals surface area (Å²) in [4.78, 5) is 10.9. The van der Waals surface area contributed by atoms with E-state index in [-0.39, 0.29) is 16.2 Å². The lowest BCUT2D eigenvalue weighted by Gasteiger charge is -2.04. The van der Waals surface area contributed by atoms with Gasteiger partial charge in [-0.05, 0) is 18.2 Å². The van der Waals surface area contributed by atoms with Crippen LogP contribution in [0, 0.1) is 5.82 Å². The number of ether oxygens (including phenoxy) is 1. The van der Waals surface area contributed by atoms with Crippen molar-refractivity contribution >= 4 is 15.8 Å². The molecule has 0 saturated carbocycles. The molecule has 0 aliphatic carbocycles. The lowest BCUT2D eigenvalue weighted by molar-refractivity contribution is 0.0595. The Balaban J connectivity index is 3.25. The molecule has 0 radical (unpaired) electrons. The molecule has 0 heterocycles. The maximum absolute atomic E-state index is 13.4. The standard InChI is InChI=1S/C10H11FO4S/c1-3-16(13,14)7-4-5-8(9(11)6-7)10(12)15-2/h4-6H,3H2,1-2H3. The summed E-state index contributed by atoms with van der Waals surface area (Å²) in [6, 6.07) is 3.11. The summed E-state index contributed by atoms with van der Waals surface area (Å²) in [7, 11) is -2.34. The Labute approximate surface area is 93.0 Å². The molecule has 1 rings (SSSR count). The summed E-state index contributed by atoms with van der Waals surface area (Å²) >= 11 is 0. The Hall–Kier alpha value is -1.43. The van der Waals surface area contributed by atoms with Gasteiger partial charge in [-0.1, -0.05) is 6.92 Å². The van der Waals surface area contributed by atoms with E-state index in [9.17, 15) is 17.6 Å². The Bertz CT molecular complexity index is 508. The van der Waals surface area contributed by atoms with Crippen molar-refractivity contribution in [3.05, 3.63) is 29.6 Å². The van der Waals surface area contributed by atoms with E-state index in [0.29, 0.717) is 0 Å². The first-order valence-electron chi connectivity index (χ1n) is 4.53. The molecule has 0 N–H and O–H groups in total. The average Bonchev–Trinajstić information content (AvgIpc) is 2.28. The topological polar surface area (TPSA) is 60.4 Å². The number of halogens is 1. The van der Waals surface area contributed by atoms with Crippen LogP contribution in [0.1, 0.15) is 17.3 Å². The Morgan fingerprint density at radius 1 is 1.44 bits per heavy atom. The molecule has 0 unspecified atom stereocenters. The zero-order valence-electron chi connectivity index (χ0n) is 8.86. The molecule has 6 heteroatoms. The highest BCUT2D eigenvalue weighted by molar-refractivity contribution is 7.91. The number of carbonyl (C=O) groups excluding carboxylic acids is 1. The normalized spacial score (nSPS) is 11.2. The van der Waals surface area contributed by atoms with Crippen molar-refractivity contribution in [3.8, 4) is 0 Å². The van der Waals surface area contributed by atoms with E-state index in [4.69, 9.17) is 0 Å². The van der Waals surface area contributed by atoms with Gasteiger partial charge in [0, 0.05) is 0 Å². The van der Waals surface area contributed by atoms with E-state index in [1.165, 1.54) is 13.0 Å². The summed E-state index contributed by atoms with van der Waals surface area (Å²) in [6.07, 6.45) is 0. The van der Waals surface area contributed by atoms with E-state index in [0.717, 1.165) is 19.2 Å². The third-order valence-electron chi connectivity index (χ3n) is 2.09. The maximum Gasteiger partial charge on any atom is 0.340 e. The zero-order valence-corrected chi connectivity index (χ0v) is 9.67. The van der Waals surface area contributed by atoms with Gasteiger partial charge in [-0.25, -0.2) is 17.6 Å². The second-order valence-corrected chi connectivity index (χ2v) is 5.31. The van der Waals surface area contributed by atoms with Crippen molar-refractivity contribution in [3.63, 3.8) is 0 Å². The second-order valence-electron chi connectivity index (χ2n) is 3.04. The van der Waals surface area contributed by atoms with Crippen LogP contribution in [0.15, 0.2) is 23.1 Å². The molecule has 0 bridgehead atoms. The fourth-order valence-corrected chi connectivity index (χ4v) is 2.02. The molecule has 1 aromatic carbocycles. The molecule has 0 atom stereocenters. The average molecular weight is 246 g/mol. The van der Waals surface area contributed by atoms with Crippen LogP contribution in [0.2, 0.25) is 0 Å². The molecule has 0 fully saturated rings. The van der Waals surface area contributed by atoms with E-state index in [1.807, 2.05) is 0 Å². The van der Waals surface area contributed by atoms with Gasteiger partial charge in [-0.3, -0.25) is 0 Å². The summed E-state index contributed by atoms with van der Waals surface area (Å²) in [5.74, 6) is -1.86. The highest BCUT2D eigenvalue weighted by Gasteiger charge is 2.17. The summed E-state index contributed by atoms with van der Waals surface area (Å²) < 4.78 is 40.6. The van der Waals surface area contributed by atoms with E-state index < -0.39 is 21.6 Å². The van der Waals surface area contributed by atoms with Crippen molar-refractivity contribution in [1.29, 1.82) is 0 Å². The van der Waals surface area contributed by atoms with Crippen LogP contribution in [0.4, 0.5) is 4.39 Å². The molecular weight excluding hydrogens is 235 g/mol. The number of carbonyl (C=O) groups is 1. The largest absolute Gasteiger partial charge is 0.465 e. The van der Waals surface area contributed by atoms with Crippen LogP contribution in [0.5, 0.6) is 0 Å². The molecule has 0 spiro atoms. The molecule has 0 aliphatic heterocycles. The molecule has 16 heavy (non-hydrogen) atoms. The number of hydrogen-bond acceptors (Lipinski definition) is 4. The lowest BCUT2D eigenvalue weighted by Crippen LogP contribution is -2.08. The third kappa shape index (κ3) is 2.38. The predicted molar refractivity (Wildman–Crippen MR) is 55.5 cm³/mol. The monoisotopic (exact) mass is 246 g/mol. The minimum absolute atomic E-state index is 0.121. The minimum atomic E-state index is -3.46. The number of sulfone groups is 1. The molecular formula is C10H11FO4S. The van der Waals surface area contributed by atoms with Crippen molar-refractivity contribution in [2.24, 2.45) is 0 Å². The molecule has 0 aliphatic rings. The SMILES string of the molecule is CCS(=O)(=O)c1ccc(C(=O)OC)c(F)c1. The van der Waals surface area contributed by atoms with Gasteiger partial charge in [0.2, 0.25) is 0 Å². The van der Waals surface area contributed by atoms with Gasteiger partial charge < -0.3 is 4.74 Å². The van der Waals surface area contributed by atoms with Gasteiger partial charge in [-0.15, -0.1) is 0 Å². The van der Waals surface area contributed by atoms with Crippen LogP contribution < -0.4 is 0 Å². The molecule has 88 valence electrons. The summed E-state index contributed by atoms with van der Waals surface area (Å²) in [5.41, 5.74) is -0.280. The van der Waals surface area contributed by atoms with Crippen molar-refractivity contribution in [2.75, 3.05) is 12.9 Å². The second kappa shape index (κ2) is 4.61. The maximum atomic E-state index is 13.4. The van der Waals surface area contributed by atoms with Gasteiger partial charge >= 0.3 is 5.97 Å². The summed E-state index contributed by atoms with van der Waals surface area (Å²) in [6.45, 7) is 1.46. The number of hydrogen-bond donors (Lipinski definition) is 0. The number of methoxy groups -OCH3 is 1. The first-order valence-corrected chi connectivity index (χ1v) is 6.18. The van der Waals surface area contributed by atoms with Gasteiger partial charge in [0.05, 0.1) is 23.3 Å². The fourth-order valence-electron chi connectivity index (χ4n) is 1.13. The zero-order chi connectivity index (χ0) is 12.3. The van der Waals surface area contributed by atoms with Gasteiger partial charge in [-0.2, -0.15) is 0 Å². The van der Waals surface area contributed by atoms with E-state index in [1.54, 1.807) is 0 Å². The minimum Gasteiger partial charge on any atom is -0.465 e. The van der Waals surface area contributed by atoms with Crippen LogP contribution in [-0.2, 0) is 14.6 Å². The van der Waals surface area contributed by atoms with Crippen molar-refractivity contribution < 1.29 is 22.3 Å². The molecule has 4 nitrogen and oxygen atoms in total. The van der Waals surface area contributed by atoms with E-state index in [2.05, 4.69) is 4.74 Å². The molecule has 0 amide bonds. The predicted octanol–water partition coefficient (Wildman–Crippen LogP) is 1.41.